The highest BCUT2D eigenvalue weighted by Gasteiger charge is 2.60. The van der Waals surface area contributed by atoms with E-state index in [0.717, 1.165) is 49.8 Å². The fourth-order valence-corrected chi connectivity index (χ4v) is 9.36. The number of nitrogens with zero attached hydrogens (tertiary/aromatic N) is 1. The third-order valence-electron chi connectivity index (χ3n) is 11.3. The van der Waals surface area contributed by atoms with E-state index in [9.17, 15) is 9.90 Å². The van der Waals surface area contributed by atoms with Crippen molar-refractivity contribution in [2.75, 3.05) is 6.61 Å². The van der Waals surface area contributed by atoms with Crippen LogP contribution in [0.3, 0.4) is 0 Å². The molecule has 5 nitrogen and oxygen atoms in total. The molecule has 0 aliphatic heterocycles. The molecule has 8 atom stereocenters. The van der Waals surface area contributed by atoms with Gasteiger partial charge in [-0.1, -0.05) is 32.4 Å². The normalized spacial score (nSPS) is 43.1. The summed E-state index contributed by atoms with van der Waals surface area (Å²) in [5.41, 5.74) is 0.610. The lowest BCUT2D eigenvalue weighted by molar-refractivity contribution is -0.169. The Labute approximate surface area is 209 Å². The van der Waals surface area contributed by atoms with Gasteiger partial charge in [0, 0.05) is 5.92 Å². The molecule has 4 aliphatic carbocycles. The number of aliphatic hydroxyl groups is 1. The van der Waals surface area contributed by atoms with Gasteiger partial charge < -0.3 is 14.4 Å². The Bertz CT molecular complexity index is 1110. The Morgan fingerprint density at radius 1 is 1.03 bits per heavy atom. The minimum absolute atomic E-state index is 0.0646. The Morgan fingerprint density at radius 2 is 1.83 bits per heavy atom. The van der Waals surface area contributed by atoms with Gasteiger partial charge in [0.25, 0.3) is 5.88 Å². The Morgan fingerprint density at radius 3 is 2.69 bits per heavy atom. The third kappa shape index (κ3) is 3.75. The number of ether oxygens (including phenoxy) is 1. The standard InChI is InChI=1S/C30H41NO4/c1-28(33)15-16-29(2)19(17-28)11-12-20-22-8-6-9-24(30(22,3)14-13-23(20)29)25(32)18-34-27-21-7-4-5-10-26(21)35-31-27/h4-5,7,10,19-20,22-24,33H,6,8-9,11-18H2,1-3H3/t19-,20-,22-,23-,24+,28+,29-,30-/m0/s1. The van der Waals surface area contributed by atoms with Crippen LogP contribution in [0.2, 0.25) is 0 Å². The van der Waals surface area contributed by atoms with E-state index in [2.05, 4.69) is 19.0 Å². The van der Waals surface area contributed by atoms with E-state index in [1.54, 1.807) is 0 Å². The summed E-state index contributed by atoms with van der Waals surface area (Å²) in [7, 11) is 0. The van der Waals surface area contributed by atoms with Crippen molar-refractivity contribution in [2.45, 2.75) is 90.6 Å². The van der Waals surface area contributed by atoms with Crippen molar-refractivity contribution in [1.82, 2.24) is 5.16 Å². The number of rotatable bonds is 4. The summed E-state index contributed by atoms with van der Waals surface area (Å²) in [5, 5.41) is 15.6. The smallest absolute Gasteiger partial charge is 0.262 e. The van der Waals surface area contributed by atoms with E-state index in [1.807, 2.05) is 31.2 Å². The Kier molecular flexibility index (Phi) is 5.59. The van der Waals surface area contributed by atoms with E-state index < -0.39 is 5.60 Å². The number of para-hydroxylation sites is 1. The summed E-state index contributed by atoms with van der Waals surface area (Å²) in [4.78, 5) is 13.6. The minimum atomic E-state index is -0.488. The number of carbonyl (C=O) groups excluding carboxylic acids is 1. The minimum Gasteiger partial charge on any atom is -0.467 e. The quantitative estimate of drug-likeness (QED) is 0.536. The molecule has 0 radical (unpaired) electrons. The van der Waals surface area contributed by atoms with Crippen molar-refractivity contribution in [2.24, 2.45) is 40.4 Å². The fourth-order valence-electron chi connectivity index (χ4n) is 9.36. The van der Waals surface area contributed by atoms with Crippen LogP contribution in [0.1, 0.15) is 85.0 Å². The van der Waals surface area contributed by atoms with Crippen LogP contribution in [0.5, 0.6) is 5.88 Å². The van der Waals surface area contributed by atoms with Crippen LogP contribution in [-0.4, -0.2) is 28.3 Å². The maximum Gasteiger partial charge on any atom is 0.262 e. The second-order valence-corrected chi connectivity index (χ2v) is 13.1. The zero-order valence-corrected chi connectivity index (χ0v) is 21.6. The molecule has 5 heteroatoms. The molecule has 0 saturated heterocycles. The molecule has 0 unspecified atom stereocenters. The number of carbonyl (C=O) groups is 1. The molecule has 1 aromatic carbocycles. The van der Waals surface area contributed by atoms with Crippen LogP contribution in [0.4, 0.5) is 0 Å². The highest BCUT2D eigenvalue weighted by molar-refractivity contribution is 5.85. The van der Waals surface area contributed by atoms with Crippen LogP contribution in [0.15, 0.2) is 28.8 Å². The number of hydrogen-bond donors (Lipinski definition) is 1. The third-order valence-corrected chi connectivity index (χ3v) is 11.3. The number of Topliss-reactive ketones (excluding diaryl/α,β-unsaturated/α-hetero) is 1. The first-order chi connectivity index (χ1) is 16.7. The number of aromatic nitrogens is 1. The van der Waals surface area contributed by atoms with Gasteiger partial charge in [0.2, 0.25) is 0 Å². The molecule has 0 spiro atoms. The number of benzene rings is 1. The van der Waals surface area contributed by atoms with E-state index in [4.69, 9.17) is 9.26 Å². The zero-order chi connectivity index (χ0) is 24.4. The molecule has 4 saturated carbocycles. The zero-order valence-electron chi connectivity index (χ0n) is 21.6. The van der Waals surface area contributed by atoms with Crippen molar-refractivity contribution in [3.8, 4) is 5.88 Å². The predicted octanol–water partition coefficient (Wildman–Crippen LogP) is 6.58. The van der Waals surface area contributed by atoms with Crippen LogP contribution < -0.4 is 4.74 Å². The SMILES string of the molecule is C[C@@]1(O)CC[C@@]2(C)[C@@H](CC[C@@H]3[C@@H]2CC[C@]2(C)[C@@H](C(=O)COc4noc5ccccc45)CCC[C@@H]32)C1. The summed E-state index contributed by atoms with van der Waals surface area (Å²) >= 11 is 0. The average Bonchev–Trinajstić information content (AvgIpc) is 3.25. The lowest BCUT2D eigenvalue weighted by Gasteiger charge is -2.64. The molecule has 6 rings (SSSR count). The van der Waals surface area contributed by atoms with Gasteiger partial charge in [-0.25, -0.2) is 0 Å². The van der Waals surface area contributed by atoms with Gasteiger partial charge in [-0.05, 0) is 117 Å². The maximum absolute atomic E-state index is 13.6. The van der Waals surface area contributed by atoms with Crippen LogP contribution in [-0.2, 0) is 4.79 Å². The molecular weight excluding hydrogens is 438 g/mol. The fraction of sp³-hybridized carbons (Fsp3) is 0.733. The van der Waals surface area contributed by atoms with Crippen molar-refractivity contribution < 1.29 is 19.2 Å². The molecule has 4 aliphatic rings. The molecule has 2 aromatic rings. The van der Waals surface area contributed by atoms with Gasteiger partial charge in [0.05, 0.1) is 11.0 Å². The number of ketones is 1. The topological polar surface area (TPSA) is 72.6 Å². The van der Waals surface area contributed by atoms with Crippen LogP contribution >= 0.6 is 0 Å². The first-order valence-corrected chi connectivity index (χ1v) is 13.9. The Hall–Kier alpha value is -1.88. The van der Waals surface area contributed by atoms with Crippen molar-refractivity contribution >= 4 is 16.8 Å². The Balaban J connectivity index is 1.19. The molecule has 1 N–H and O–H groups in total. The summed E-state index contributed by atoms with van der Waals surface area (Å²) in [6.07, 6.45) is 11.3. The predicted molar refractivity (Wildman–Crippen MR) is 135 cm³/mol. The number of hydrogen-bond acceptors (Lipinski definition) is 5. The molecule has 0 amide bonds. The molecule has 1 heterocycles. The summed E-state index contributed by atoms with van der Waals surface area (Å²) in [6.45, 7) is 7.07. The van der Waals surface area contributed by atoms with E-state index in [0.29, 0.717) is 34.6 Å². The van der Waals surface area contributed by atoms with Crippen molar-refractivity contribution in [3.05, 3.63) is 24.3 Å². The second kappa shape index (κ2) is 8.33. The van der Waals surface area contributed by atoms with Gasteiger partial charge in [0.1, 0.15) is 6.61 Å². The summed E-state index contributed by atoms with van der Waals surface area (Å²) in [5.74, 6) is 3.44. The monoisotopic (exact) mass is 479 g/mol. The van der Waals surface area contributed by atoms with Gasteiger partial charge in [-0.15, -0.1) is 0 Å². The molecular formula is C30H41NO4. The highest BCUT2D eigenvalue weighted by atomic mass is 16.5. The van der Waals surface area contributed by atoms with Crippen molar-refractivity contribution in [1.29, 1.82) is 0 Å². The van der Waals surface area contributed by atoms with Gasteiger partial charge in [-0.2, -0.15) is 0 Å². The van der Waals surface area contributed by atoms with Crippen LogP contribution in [0, 0.1) is 40.4 Å². The van der Waals surface area contributed by atoms with E-state index in [-0.39, 0.29) is 23.7 Å². The van der Waals surface area contributed by atoms with Crippen molar-refractivity contribution in [3.63, 3.8) is 0 Å². The molecule has 1 aromatic heterocycles. The number of fused-ring (bicyclic) bond motifs is 6. The lowest BCUT2D eigenvalue weighted by Crippen LogP contribution is -2.58. The average molecular weight is 480 g/mol. The van der Waals surface area contributed by atoms with E-state index in [1.165, 1.54) is 25.7 Å². The highest BCUT2D eigenvalue weighted by Crippen LogP contribution is 2.67. The largest absolute Gasteiger partial charge is 0.467 e. The first kappa shape index (κ1) is 23.5. The first-order valence-electron chi connectivity index (χ1n) is 13.9. The molecule has 4 fully saturated rings. The lowest BCUT2D eigenvalue weighted by atomic mass is 9.41. The van der Waals surface area contributed by atoms with Gasteiger partial charge in [-0.3, -0.25) is 4.79 Å². The van der Waals surface area contributed by atoms with Crippen LogP contribution in [0.25, 0.3) is 11.0 Å². The molecule has 190 valence electrons. The molecule has 0 bridgehead atoms. The van der Waals surface area contributed by atoms with E-state index >= 15 is 0 Å². The van der Waals surface area contributed by atoms with Gasteiger partial charge in [0.15, 0.2) is 11.4 Å². The summed E-state index contributed by atoms with van der Waals surface area (Å²) in [6, 6.07) is 7.63. The van der Waals surface area contributed by atoms with Gasteiger partial charge >= 0.3 is 0 Å². The molecule has 35 heavy (non-hydrogen) atoms. The maximum atomic E-state index is 13.6. The second-order valence-electron chi connectivity index (χ2n) is 13.1. The summed E-state index contributed by atoms with van der Waals surface area (Å²) < 4.78 is 11.3.